The van der Waals surface area contributed by atoms with E-state index < -0.39 is 38.3 Å². The maximum Gasteiger partial charge on any atom is 0.296 e. The third-order valence-electron chi connectivity index (χ3n) is 6.06. The molecular formula is C26H26ClN9O7S. The number of ether oxygens (including phenoxy) is 1. The van der Waals surface area contributed by atoms with Crippen molar-refractivity contribution in [3.8, 4) is 11.5 Å². The van der Waals surface area contributed by atoms with Gasteiger partial charge in [0.05, 0.1) is 12.8 Å². The number of hydrogen-bond donors (Lipinski definition) is 5. The number of nitrogens with two attached hydrogens (primary N) is 2. The van der Waals surface area contributed by atoms with Gasteiger partial charge in [-0.2, -0.15) is 28.5 Å². The minimum absolute atomic E-state index is 0.0355. The molecule has 18 heteroatoms. The lowest BCUT2D eigenvalue weighted by Crippen LogP contribution is -2.33. The molecule has 0 unspecified atom stereocenters. The Morgan fingerprint density at radius 3 is 2.25 bits per heavy atom. The second-order valence-electron chi connectivity index (χ2n) is 9.15. The number of carbonyl (C=O) groups is 2. The highest BCUT2D eigenvalue weighted by molar-refractivity contribution is 7.86. The summed E-state index contributed by atoms with van der Waals surface area (Å²) in [6, 6.07) is 12.0. The summed E-state index contributed by atoms with van der Waals surface area (Å²) in [6.45, 7) is 0.155. The normalized spacial score (nSPS) is 11.5. The van der Waals surface area contributed by atoms with Gasteiger partial charge >= 0.3 is 0 Å². The van der Waals surface area contributed by atoms with Crippen molar-refractivity contribution in [2.24, 2.45) is 21.7 Å². The summed E-state index contributed by atoms with van der Waals surface area (Å²) in [5.74, 6) is -1.13. The largest absolute Gasteiger partial charge is 0.505 e. The van der Waals surface area contributed by atoms with Gasteiger partial charge in [0.1, 0.15) is 16.3 Å². The van der Waals surface area contributed by atoms with E-state index in [0.717, 1.165) is 6.07 Å². The summed E-state index contributed by atoms with van der Waals surface area (Å²) >= 11 is 6.11. The Hall–Kier alpha value is -5.13. The molecule has 0 aliphatic carbocycles. The predicted octanol–water partition coefficient (Wildman–Crippen LogP) is 3.36. The minimum Gasteiger partial charge on any atom is -0.505 e. The number of rotatable bonds is 13. The van der Waals surface area contributed by atoms with Crippen LogP contribution in [0.3, 0.4) is 0 Å². The van der Waals surface area contributed by atoms with Gasteiger partial charge in [-0.05, 0) is 65.5 Å². The summed E-state index contributed by atoms with van der Waals surface area (Å²) < 4.78 is 39.5. The number of hydrogen-bond acceptors (Lipinski definition) is 13. The molecule has 0 saturated heterocycles. The lowest BCUT2D eigenvalue weighted by Gasteiger charge is -2.22. The fourth-order valence-electron chi connectivity index (χ4n) is 3.95. The number of methoxy groups -OCH3 is 1. The smallest absolute Gasteiger partial charge is 0.296 e. The van der Waals surface area contributed by atoms with Gasteiger partial charge in [0.2, 0.25) is 29.0 Å². The molecule has 7 N–H and O–H groups in total. The van der Waals surface area contributed by atoms with E-state index in [1.165, 1.54) is 30.2 Å². The number of benzene rings is 3. The highest BCUT2D eigenvalue weighted by Crippen LogP contribution is 2.42. The first-order valence-electron chi connectivity index (χ1n) is 12.7. The Labute approximate surface area is 255 Å². The Kier molecular flexibility index (Phi) is 9.72. The van der Waals surface area contributed by atoms with E-state index in [-0.39, 0.29) is 53.9 Å². The zero-order chi connectivity index (χ0) is 32.0. The number of primary amides is 2. The molecule has 44 heavy (non-hydrogen) atoms. The lowest BCUT2D eigenvalue weighted by atomic mass is 10.1. The fraction of sp³-hybridized carbons (Fsp3) is 0.192. The number of carbonyl (C=O) groups excluding carboxylic acids is 2. The number of nitrogens with one attached hydrogen (secondary N) is 1. The van der Waals surface area contributed by atoms with Gasteiger partial charge in [0.15, 0.2) is 5.75 Å². The molecule has 0 radical (unpaired) electrons. The average molecular weight is 644 g/mol. The van der Waals surface area contributed by atoms with Crippen LogP contribution in [0.15, 0.2) is 63.7 Å². The van der Waals surface area contributed by atoms with Gasteiger partial charge < -0.3 is 31.5 Å². The van der Waals surface area contributed by atoms with Crippen molar-refractivity contribution < 1.29 is 32.4 Å². The molecule has 3 aromatic carbocycles. The van der Waals surface area contributed by atoms with E-state index in [4.69, 9.17) is 27.8 Å². The van der Waals surface area contributed by atoms with E-state index in [0.29, 0.717) is 17.1 Å². The van der Waals surface area contributed by atoms with Gasteiger partial charge in [-0.1, -0.05) is 0 Å². The van der Waals surface area contributed by atoms with E-state index in [2.05, 4.69) is 30.5 Å². The van der Waals surface area contributed by atoms with Crippen molar-refractivity contribution in [1.82, 2.24) is 15.0 Å². The maximum atomic E-state index is 12.3. The predicted molar refractivity (Wildman–Crippen MR) is 161 cm³/mol. The van der Waals surface area contributed by atoms with Gasteiger partial charge in [0, 0.05) is 37.0 Å². The molecule has 4 aromatic rings. The van der Waals surface area contributed by atoms with Crippen LogP contribution >= 0.6 is 11.6 Å². The van der Waals surface area contributed by atoms with E-state index in [9.17, 15) is 27.7 Å². The molecule has 0 aliphatic rings. The van der Waals surface area contributed by atoms with Crippen LogP contribution in [0.1, 0.15) is 12.8 Å². The molecule has 1 aromatic heterocycles. The molecule has 2 amide bonds. The molecular weight excluding hydrogens is 618 g/mol. The number of amides is 2. The van der Waals surface area contributed by atoms with Gasteiger partial charge in [-0.25, -0.2) is 0 Å². The van der Waals surface area contributed by atoms with Crippen LogP contribution in [-0.2, 0) is 19.7 Å². The van der Waals surface area contributed by atoms with E-state index in [1.807, 2.05) is 0 Å². The first-order valence-corrected chi connectivity index (χ1v) is 14.5. The van der Waals surface area contributed by atoms with Crippen LogP contribution in [0.4, 0.5) is 29.0 Å². The molecule has 1 heterocycles. The number of halogens is 1. The van der Waals surface area contributed by atoms with Crippen LogP contribution in [0.2, 0.25) is 5.28 Å². The Morgan fingerprint density at radius 2 is 1.66 bits per heavy atom. The van der Waals surface area contributed by atoms with Crippen LogP contribution in [-0.4, -0.2) is 65.0 Å². The second-order valence-corrected chi connectivity index (χ2v) is 10.9. The number of nitrogens with zero attached hydrogens (tertiary/aromatic N) is 6. The standard InChI is InChI=1S/C26H26ClN9O7S/c1-43-17-5-2-15(3-6-17)34-35-22-19(44(40,41)42)13-14-12-16(4-7-18(14)23(22)39)30-25-31-24(27)32-26(33-25)36(10-8-20(28)37)11-9-21(29)38/h2-7,12-13,39H,8-11H2,1H3,(H2,28,37)(H2,29,38)(H,40,41,42)(H,30,31,32,33). The first-order chi connectivity index (χ1) is 20.8. The minimum atomic E-state index is -4.85. The van der Waals surface area contributed by atoms with Crippen molar-refractivity contribution in [2.45, 2.75) is 17.7 Å². The van der Waals surface area contributed by atoms with Crippen molar-refractivity contribution in [3.05, 3.63) is 53.8 Å². The quantitative estimate of drug-likeness (QED) is 0.104. The van der Waals surface area contributed by atoms with Crippen molar-refractivity contribution in [1.29, 1.82) is 0 Å². The molecule has 0 saturated carbocycles. The van der Waals surface area contributed by atoms with Crippen molar-refractivity contribution in [2.75, 3.05) is 30.4 Å². The Balaban J connectivity index is 1.69. The molecule has 16 nitrogen and oxygen atoms in total. The zero-order valence-electron chi connectivity index (χ0n) is 23.0. The van der Waals surface area contributed by atoms with Crippen LogP contribution in [0, 0.1) is 0 Å². The second kappa shape index (κ2) is 13.4. The molecule has 0 spiro atoms. The van der Waals surface area contributed by atoms with Crippen molar-refractivity contribution >= 4 is 73.3 Å². The molecule has 0 atom stereocenters. The van der Waals surface area contributed by atoms with Gasteiger partial charge in [-0.15, -0.1) is 5.11 Å². The SMILES string of the molecule is COc1ccc(N=Nc2c(S(=O)(=O)O)cc3cc(Nc4nc(Cl)nc(N(CCC(N)=O)CCC(N)=O)n4)ccc3c2O)cc1. The number of aromatic hydroxyl groups is 1. The summed E-state index contributed by atoms with van der Waals surface area (Å²) in [5.41, 5.74) is 10.7. The number of azo groups is 1. The number of phenols is 1. The molecule has 4 rings (SSSR count). The van der Waals surface area contributed by atoms with Crippen LogP contribution < -0.4 is 26.4 Å². The third-order valence-corrected chi connectivity index (χ3v) is 7.09. The van der Waals surface area contributed by atoms with E-state index in [1.54, 1.807) is 24.3 Å². The average Bonchev–Trinajstić information content (AvgIpc) is 2.95. The van der Waals surface area contributed by atoms with E-state index >= 15 is 0 Å². The monoisotopic (exact) mass is 643 g/mol. The zero-order valence-corrected chi connectivity index (χ0v) is 24.6. The summed E-state index contributed by atoms with van der Waals surface area (Å²) in [7, 11) is -3.36. The van der Waals surface area contributed by atoms with Gasteiger partial charge in [0.25, 0.3) is 10.1 Å². The summed E-state index contributed by atoms with van der Waals surface area (Å²) in [6.07, 6.45) is -0.118. The number of phenolic OH excluding ortho intramolecular Hbond substituents is 1. The number of aromatic nitrogens is 3. The maximum absolute atomic E-state index is 12.3. The van der Waals surface area contributed by atoms with Gasteiger partial charge in [-0.3, -0.25) is 14.1 Å². The molecule has 0 aliphatic heterocycles. The Morgan fingerprint density at radius 1 is 1.00 bits per heavy atom. The first kappa shape index (κ1) is 31.8. The van der Waals surface area contributed by atoms with Crippen LogP contribution in [0.25, 0.3) is 10.8 Å². The highest BCUT2D eigenvalue weighted by atomic mass is 35.5. The molecule has 0 fully saturated rings. The summed E-state index contributed by atoms with van der Waals surface area (Å²) in [5, 5.41) is 21.9. The third kappa shape index (κ3) is 8.03. The number of fused-ring (bicyclic) bond motifs is 1. The van der Waals surface area contributed by atoms with Crippen molar-refractivity contribution in [3.63, 3.8) is 0 Å². The topological polar surface area (TPSA) is 249 Å². The molecule has 230 valence electrons. The summed E-state index contributed by atoms with van der Waals surface area (Å²) in [4.78, 5) is 35.9. The van der Waals surface area contributed by atoms with Crippen LogP contribution in [0.5, 0.6) is 11.5 Å². The number of anilines is 3. The lowest BCUT2D eigenvalue weighted by molar-refractivity contribution is -0.118. The highest BCUT2D eigenvalue weighted by Gasteiger charge is 2.22. The Bertz CT molecular complexity index is 1840. The molecule has 0 bridgehead atoms. The fourth-order valence-corrected chi connectivity index (χ4v) is 4.76.